The highest BCUT2D eigenvalue weighted by molar-refractivity contribution is 5.06. The minimum Gasteiger partial charge on any atom is -0.329 e. The number of nitrogens with two attached hydrogens (primary N) is 1. The molecule has 1 heterocycles. The highest BCUT2D eigenvalue weighted by atomic mass is 19.4. The van der Waals surface area contributed by atoms with Crippen molar-refractivity contribution in [2.45, 2.75) is 43.9 Å². The molecule has 0 unspecified atom stereocenters. The molecule has 0 aromatic carbocycles. The number of aryl methyl sites for hydroxylation is 1. The van der Waals surface area contributed by atoms with Crippen LogP contribution in [0.1, 0.15) is 31.2 Å². The van der Waals surface area contributed by atoms with Crippen molar-refractivity contribution in [1.82, 2.24) is 14.7 Å². The monoisotopic (exact) mass is 304 g/mol. The van der Waals surface area contributed by atoms with Crippen molar-refractivity contribution in [2.75, 3.05) is 13.6 Å². The number of aromatic nitrogens is 2. The van der Waals surface area contributed by atoms with E-state index in [4.69, 9.17) is 5.73 Å². The smallest absolute Gasteiger partial charge is 0.329 e. The van der Waals surface area contributed by atoms with Crippen LogP contribution in [0.25, 0.3) is 0 Å². The summed E-state index contributed by atoms with van der Waals surface area (Å²) in [4.78, 5) is 2.09. The molecular weight excluding hydrogens is 281 g/mol. The highest BCUT2D eigenvalue weighted by Crippen LogP contribution is 2.43. The van der Waals surface area contributed by atoms with Crippen LogP contribution >= 0.6 is 0 Å². The van der Waals surface area contributed by atoms with Gasteiger partial charge >= 0.3 is 6.18 Å². The molecule has 1 aromatic heterocycles. The normalized spacial score (nSPS) is 27.3. The number of rotatable bonds is 4. The predicted octanol–water partition coefficient (Wildman–Crippen LogP) is 2.30. The van der Waals surface area contributed by atoms with Gasteiger partial charge in [-0.3, -0.25) is 9.58 Å². The van der Waals surface area contributed by atoms with Gasteiger partial charge in [-0.25, -0.2) is 0 Å². The molecule has 120 valence electrons. The van der Waals surface area contributed by atoms with Gasteiger partial charge in [0.25, 0.3) is 0 Å². The van der Waals surface area contributed by atoms with E-state index >= 15 is 0 Å². The van der Waals surface area contributed by atoms with Crippen molar-refractivity contribution in [3.05, 3.63) is 18.0 Å². The Balaban J connectivity index is 2.02. The van der Waals surface area contributed by atoms with Crippen LogP contribution in [0.5, 0.6) is 0 Å². The van der Waals surface area contributed by atoms with E-state index in [9.17, 15) is 13.2 Å². The van der Waals surface area contributed by atoms with Gasteiger partial charge in [-0.15, -0.1) is 0 Å². The first-order chi connectivity index (χ1) is 9.77. The summed E-state index contributed by atoms with van der Waals surface area (Å²) in [6.45, 7) is 1.04. The maximum atomic E-state index is 12.8. The van der Waals surface area contributed by atoms with Crippen molar-refractivity contribution in [3.63, 3.8) is 0 Å². The van der Waals surface area contributed by atoms with Crippen molar-refractivity contribution < 1.29 is 13.2 Å². The van der Waals surface area contributed by atoms with Crippen molar-refractivity contribution in [2.24, 2.45) is 18.7 Å². The predicted molar refractivity (Wildman–Crippen MR) is 74.5 cm³/mol. The van der Waals surface area contributed by atoms with Gasteiger partial charge in [0.1, 0.15) is 0 Å². The number of likely N-dealkylation sites (N-methyl/N-ethyl adjacent to an activating group) is 1. The lowest BCUT2D eigenvalue weighted by molar-refractivity contribution is -0.188. The Morgan fingerprint density at radius 2 is 2.05 bits per heavy atom. The fraction of sp³-hybridized carbons (Fsp3) is 0.786. The van der Waals surface area contributed by atoms with Gasteiger partial charge < -0.3 is 5.73 Å². The Labute approximate surface area is 123 Å². The molecule has 4 nitrogen and oxygen atoms in total. The summed E-state index contributed by atoms with van der Waals surface area (Å²) in [7, 11) is 3.78. The Hall–Kier alpha value is -1.08. The first-order valence-corrected chi connectivity index (χ1v) is 7.22. The number of hydrogen-bond donors (Lipinski definition) is 1. The first-order valence-electron chi connectivity index (χ1n) is 7.22. The minimum atomic E-state index is -4.08. The van der Waals surface area contributed by atoms with Gasteiger partial charge in [-0.05, 0) is 32.7 Å². The molecule has 2 N–H and O–H groups in total. The first kappa shape index (κ1) is 16.3. The second-order valence-electron chi connectivity index (χ2n) is 6.12. The average Bonchev–Trinajstić information content (AvgIpc) is 2.83. The van der Waals surface area contributed by atoms with E-state index in [1.54, 1.807) is 10.9 Å². The van der Waals surface area contributed by atoms with Gasteiger partial charge in [0.15, 0.2) is 0 Å². The third kappa shape index (κ3) is 3.58. The van der Waals surface area contributed by atoms with Crippen LogP contribution in [0.15, 0.2) is 12.4 Å². The lowest BCUT2D eigenvalue weighted by Crippen LogP contribution is -2.54. The molecule has 0 aliphatic heterocycles. The molecule has 0 bridgehead atoms. The fourth-order valence-electron chi connectivity index (χ4n) is 3.22. The van der Waals surface area contributed by atoms with E-state index < -0.39 is 12.1 Å². The largest absolute Gasteiger partial charge is 0.391 e. The third-order valence-corrected chi connectivity index (χ3v) is 4.75. The molecule has 1 saturated carbocycles. The SMILES string of the molecule is CN(Cc1cnn(C)c1)C1(CN)CCC(C(F)(F)F)CC1. The summed E-state index contributed by atoms with van der Waals surface area (Å²) in [6, 6.07) is 0. The van der Waals surface area contributed by atoms with Crippen molar-refractivity contribution in [3.8, 4) is 0 Å². The van der Waals surface area contributed by atoms with E-state index in [1.807, 2.05) is 20.3 Å². The molecular formula is C14H23F3N4. The van der Waals surface area contributed by atoms with Gasteiger partial charge in [0, 0.05) is 37.4 Å². The fourth-order valence-corrected chi connectivity index (χ4v) is 3.22. The quantitative estimate of drug-likeness (QED) is 0.928. The zero-order valence-electron chi connectivity index (χ0n) is 12.5. The van der Waals surface area contributed by atoms with Crippen LogP contribution in [-0.4, -0.2) is 40.0 Å². The highest BCUT2D eigenvalue weighted by Gasteiger charge is 2.46. The number of nitrogens with zero attached hydrogens (tertiary/aromatic N) is 3. The molecule has 21 heavy (non-hydrogen) atoms. The van der Waals surface area contributed by atoms with Crippen molar-refractivity contribution >= 4 is 0 Å². The van der Waals surface area contributed by atoms with Crippen LogP contribution in [0.2, 0.25) is 0 Å². The second kappa shape index (κ2) is 5.96. The van der Waals surface area contributed by atoms with Crippen LogP contribution in [0, 0.1) is 5.92 Å². The Morgan fingerprint density at radius 3 is 2.48 bits per heavy atom. The van der Waals surface area contributed by atoms with E-state index in [0.717, 1.165) is 5.56 Å². The zero-order chi connectivity index (χ0) is 15.7. The summed E-state index contributed by atoms with van der Waals surface area (Å²) < 4.78 is 40.1. The maximum Gasteiger partial charge on any atom is 0.391 e. The maximum absolute atomic E-state index is 12.8. The van der Waals surface area contributed by atoms with Crippen LogP contribution < -0.4 is 5.73 Å². The molecule has 2 rings (SSSR count). The Kier molecular flexibility index (Phi) is 4.63. The Bertz CT molecular complexity index is 461. The molecule has 1 aromatic rings. The molecule has 0 spiro atoms. The number of halogens is 3. The molecule has 1 aliphatic carbocycles. The molecule has 1 fully saturated rings. The molecule has 0 atom stereocenters. The summed E-state index contributed by atoms with van der Waals surface area (Å²) in [6.07, 6.45) is 0.928. The second-order valence-corrected chi connectivity index (χ2v) is 6.12. The van der Waals surface area contributed by atoms with Gasteiger partial charge in [-0.2, -0.15) is 18.3 Å². The summed E-state index contributed by atoms with van der Waals surface area (Å²) >= 11 is 0. The standard InChI is InChI=1S/C14H23F3N4/c1-20(8-11-7-19-21(2)9-11)13(10-18)5-3-12(4-6-13)14(15,16)17/h7,9,12H,3-6,8,10,18H2,1-2H3. The Morgan fingerprint density at radius 1 is 1.43 bits per heavy atom. The van der Waals surface area contributed by atoms with Crippen LogP contribution in [-0.2, 0) is 13.6 Å². The van der Waals surface area contributed by atoms with Gasteiger partial charge in [0.2, 0.25) is 0 Å². The summed E-state index contributed by atoms with van der Waals surface area (Å²) in [5.74, 6) is -1.18. The molecule has 0 saturated heterocycles. The minimum absolute atomic E-state index is 0.165. The summed E-state index contributed by atoms with van der Waals surface area (Å²) in [5.41, 5.74) is 6.62. The molecule has 7 heteroatoms. The molecule has 0 amide bonds. The number of alkyl halides is 3. The molecule has 0 radical (unpaired) electrons. The van der Waals surface area contributed by atoms with E-state index in [-0.39, 0.29) is 18.4 Å². The zero-order valence-corrected chi connectivity index (χ0v) is 12.5. The van der Waals surface area contributed by atoms with Crippen molar-refractivity contribution in [1.29, 1.82) is 0 Å². The lowest BCUT2D eigenvalue weighted by atomic mass is 9.75. The van der Waals surface area contributed by atoms with Crippen LogP contribution in [0.3, 0.4) is 0 Å². The molecule has 1 aliphatic rings. The van der Waals surface area contributed by atoms with E-state index in [2.05, 4.69) is 10.00 Å². The van der Waals surface area contributed by atoms with E-state index in [0.29, 0.717) is 25.9 Å². The summed E-state index contributed by atoms with van der Waals surface area (Å²) in [5, 5.41) is 4.12. The van der Waals surface area contributed by atoms with Gasteiger partial charge in [0.05, 0.1) is 12.1 Å². The van der Waals surface area contributed by atoms with E-state index in [1.165, 1.54) is 0 Å². The number of hydrogen-bond acceptors (Lipinski definition) is 3. The topological polar surface area (TPSA) is 47.1 Å². The average molecular weight is 304 g/mol. The van der Waals surface area contributed by atoms with Crippen LogP contribution in [0.4, 0.5) is 13.2 Å². The lowest BCUT2D eigenvalue weighted by Gasteiger charge is -2.46. The third-order valence-electron chi connectivity index (χ3n) is 4.75. The van der Waals surface area contributed by atoms with Gasteiger partial charge in [-0.1, -0.05) is 0 Å².